The number of nitrogens with zero attached hydrogens (tertiary/aromatic N) is 4. The Morgan fingerprint density at radius 2 is 2.12 bits per heavy atom. The second-order valence-electron chi connectivity index (χ2n) is 7.12. The van der Waals surface area contributed by atoms with Crippen molar-refractivity contribution in [2.24, 2.45) is 0 Å². The highest BCUT2D eigenvalue weighted by atomic mass is 32.1. The summed E-state index contributed by atoms with van der Waals surface area (Å²) < 4.78 is 12.1. The predicted octanol–water partition coefficient (Wildman–Crippen LogP) is 4.14. The second kappa shape index (κ2) is 8.71. The molecule has 11 heteroatoms. The lowest BCUT2D eigenvalue weighted by Gasteiger charge is -2.08. The molecule has 166 valence electrons. The molecule has 0 saturated heterocycles. The van der Waals surface area contributed by atoms with E-state index in [-0.39, 0.29) is 23.0 Å². The Kier molecular flexibility index (Phi) is 5.45. The number of rotatable bonds is 7. The molecule has 10 nitrogen and oxygen atoms in total. The number of carbonyl (C=O) groups excluding carboxylic acids is 1. The van der Waals surface area contributed by atoms with Crippen LogP contribution in [0.3, 0.4) is 0 Å². The number of aryl methyl sites for hydroxylation is 1. The number of anilines is 1. The summed E-state index contributed by atoms with van der Waals surface area (Å²) in [6, 6.07) is 11.9. The Balaban J connectivity index is 1.51. The molecule has 0 radical (unpaired) electrons. The molecule has 0 fully saturated rings. The van der Waals surface area contributed by atoms with Crippen LogP contribution in [0.4, 0.5) is 5.82 Å². The Morgan fingerprint density at radius 1 is 1.21 bits per heavy atom. The summed E-state index contributed by atoms with van der Waals surface area (Å²) in [5.74, 6) is 0.957. The lowest BCUT2D eigenvalue weighted by atomic mass is 10.2. The standard InChI is InChI=1S/C22H18N6O4S/c1-2-5-13-10-20(29)25-22(23-13)28-19(12-14(26-28)16-6-3-8-31-16)24-21(30)15-11-17(32-27-15)18-7-4-9-33-18/h3-4,6-12H,2,5H2,1H3,(H,24,30)(H,23,25,29). The molecule has 5 rings (SSSR count). The van der Waals surface area contributed by atoms with Crippen molar-refractivity contribution in [2.45, 2.75) is 19.8 Å². The van der Waals surface area contributed by atoms with E-state index in [1.807, 2.05) is 24.4 Å². The molecule has 5 aromatic rings. The highest BCUT2D eigenvalue weighted by Crippen LogP contribution is 2.27. The van der Waals surface area contributed by atoms with E-state index in [1.54, 1.807) is 24.3 Å². The third kappa shape index (κ3) is 4.26. The summed E-state index contributed by atoms with van der Waals surface area (Å²) in [4.78, 5) is 33.2. The fourth-order valence-electron chi connectivity index (χ4n) is 3.25. The van der Waals surface area contributed by atoms with Gasteiger partial charge >= 0.3 is 0 Å². The molecule has 5 heterocycles. The number of aromatic nitrogens is 5. The number of hydrogen-bond acceptors (Lipinski definition) is 8. The van der Waals surface area contributed by atoms with Gasteiger partial charge in [0.15, 0.2) is 17.2 Å². The van der Waals surface area contributed by atoms with Gasteiger partial charge in [-0.25, -0.2) is 4.98 Å². The summed E-state index contributed by atoms with van der Waals surface area (Å²) in [6.07, 6.45) is 2.99. The molecular weight excluding hydrogens is 444 g/mol. The van der Waals surface area contributed by atoms with E-state index >= 15 is 0 Å². The molecule has 1 amide bonds. The van der Waals surface area contributed by atoms with Gasteiger partial charge in [-0.1, -0.05) is 24.6 Å². The Morgan fingerprint density at radius 3 is 2.88 bits per heavy atom. The van der Waals surface area contributed by atoms with E-state index in [0.717, 1.165) is 11.3 Å². The van der Waals surface area contributed by atoms with Crippen LogP contribution in [0.2, 0.25) is 0 Å². The van der Waals surface area contributed by atoms with Gasteiger partial charge in [-0.2, -0.15) is 9.78 Å². The smallest absolute Gasteiger partial charge is 0.279 e. The van der Waals surface area contributed by atoms with E-state index in [2.05, 4.69) is 25.5 Å². The number of amides is 1. The zero-order valence-electron chi connectivity index (χ0n) is 17.4. The average Bonchev–Trinajstić information content (AvgIpc) is 3.60. The van der Waals surface area contributed by atoms with Crippen LogP contribution in [0.1, 0.15) is 29.5 Å². The van der Waals surface area contributed by atoms with E-state index in [0.29, 0.717) is 29.3 Å². The molecule has 0 bridgehead atoms. The van der Waals surface area contributed by atoms with Gasteiger partial charge in [-0.15, -0.1) is 11.3 Å². The summed E-state index contributed by atoms with van der Waals surface area (Å²) >= 11 is 1.48. The molecule has 0 unspecified atom stereocenters. The normalized spacial score (nSPS) is 11.1. The van der Waals surface area contributed by atoms with Crippen molar-refractivity contribution in [1.29, 1.82) is 0 Å². The third-order valence-electron chi connectivity index (χ3n) is 4.72. The predicted molar refractivity (Wildman–Crippen MR) is 121 cm³/mol. The fourth-order valence-corrected chi connectivity index (χ4v) is 3.93. The van der Waals surface area contributed by atoms with E-state index in [1.165, 1.54) is 28.3 Å². The molecule has 0 spiro atoms. The van der Waals surface area contributed by atoms with E-state index in [9.17, 15) is 9.59 Å². The maximum Gasteiger partial charge on any atom is 0.279 e. The van der Waals surface area contributed by atoms with Gasteiger partial charge in [0.1, 0.15) is 11.5 Å². The monoisotopic (exact) mass is 462 g/mol. The fraction of sp³-hybridized carbons (Fsp3) is 0.136. The molecule has 0 aliphatic rings. The number of nitrogens with one attached hydrogen (secondary N) is 2. The van der Waals surface area contributed by atoms with Crippen molar-refractivity contribution >= 4 is 23.1 Å². The van der Waals surface area contributed by atoms with Crippen molar-refractivity contribution < 1.29 is 13.7 Å². The number of carbonyl (C=O) groups is 1. The van der Waals surface area contributed by atoms with Gasteiger partial charge in [-0.05, 0) is 30.0 Å². The van der Waals surface area contributed by atoms with Gasteiger partial charge < -0.3 is 14.3 Å². The summed E-state index contributed by atoms with van der Waals surface area (Å²) in [5.41, 5.74) is 0.874. The highest BCUT2D eigenvalue weighted by Gasteiger charge is 2.20. The molecule has 33 heavy (non-hydrogen) atoms. The molecule has 0 aliphatic heterocycles. The molecule has 0 atom stereocenters. The van der Waals surface area contributed by atoms with E-state index in [4.69, 9.17) is 8.94 Å². The van der Waals surface area contributed by atoms with Crippen molar-refractivity contribution in [2.75, 3.05) is 5.32 Å². The van der Waals surface area contributed by atoms with Gasteiger partial charge in [-0.3, -0.25) is 14.6 Å². The largest absolute Gasteiger partial charge is 0.463 e. The summed E-state index contributed by atoms with van der Waals surface area (Å²) in [6.45, 7) is 2.00. The van der Waals surface area contributed by atoms with Crippen LogP contribution in [0.5, 0.6) is 0 Å². The number of aromatic amines is 1. The number of H-pyrrole nitrogens is 1. The Hall–Kier alpha value is -4.25. The second-order valence-corrected chi connectivity index (χ2v) is 8.07. The van der Waals surface area contributed by atoms with Crippen molar-refractivity contribution in [3.05, 3.63) is 75.8 Å². The summed E-state index contributed by atoms with van der Waals surface area (Å²) in [5, 5.41) is 13.1. The number of hydrogen-bond donors (Lipinski definition) is 2. The average molecular weight is 462 g/mol. The molecular formula is C22H18N6O4S. The van der Waals surface area contributed by atoms with E-state index < -0.39 is 5.91 Å². The zero-order valence-corrected chi connectivity index (χ0v) is 18.3. The topological polar surface area (TPSA) is 132 Å². The Labute approximate surface area is 190 Å². The molecule has 2 N–H and O–H groups in total. The zero-order chi connectivity index (χ0) is 22.8. The minimum absolute atomic E-state index is 0.104. The minimum Gasteiger partial charge on any atom is -0.463 e. The van der Waals surface area contributed by atoms with Crippen molar-refractivity contribution in [3.8, 4) is 28.0 Å². The molecule has 0 aliphatic carbocycles. The highest BCUT2D eigenvalue weighted by molar-refractivity contribution is 7.13. The van der Waals surface area contributed by atoms with Gasteiger partial charge in [0.25, 0.3) is 11.5 Å². The molecule has 0 saturated carbocycles. The first-order valence-corrected chi connectivity index (χ1v) is 11.0. The van der Waals surface area contributed by atoms with Crippen LogP contribution in [0.15, 0.2) is 67.8 Å². The molecule has 0 aromatic carbocycles. The van der Waals surface area contributed by atoms with Crippen LogP contribution >= 0.6 is 11.3 Å². The van der Waals surface area contributed by atoms with Crippen LogP contribution in [0.25, 0.3) is 28.0 Å². The van der Waals surface area contributed by atoms with Gasteiger partial charge in [0, 0.05) is 23.9 Å². The maximum atomic E-state index is 12.9. The van der Waals surface area contributed by atoms with Crippen LogP contribution in [-0.2, 0) is 6.42 Å². The third-order valence-corrected chi connectivity index (χ3v) is 5.60. The molecule has 5 aromatic heterocycles. The van der Waals surface area contributed by atoms with Crippen molar-refractivity contribution in [3.63, 3.8) is 0 Å². The van der Waals surface area contributed by atoms with Gasteiger partial charge in [0.05, 0.1) is 11.1 Å². The number of furan rings is 1. The van der Waals surface area contributed by atoms with Crippen LogP contribution < -0.4 is 10.9 Å². The SMILES string of the molecule is CCCc1cc(=O)[nH]c(-n2nc(-c3ccco3)cc2NC(=O)c2cc(-c3cccs3)on2)n1. The maximum absolute atomic E-state index is 12.9. The van der Waals surface area contributed by atoms with Crippen molar-refractivity contribution in [1.82, 2.24) is 24.9 Å². The minimum atomic E-state index is -0.499. The lowest BCUT2D eigenvalue weighted by molar-refractivity contribution is 0.101. The Bertz CT molecular complexity index is 1450. The quantitative estimate of drug-likeness (QED) is 0.371. The first kappa shape index (κ1) is 20.6. The van der Waals surface area contributed by atoms with Gasteiger partial charge in [0.2, 0.25) is 5.95 Å². The van der Waals surface area contributed by atoms with Crippen LogP contribution in [-0.4, -0.2) is 30.8 Å². The summed E-state index contributed by atoms with van der Waals surface area (Å²) in [7, 11) is 0. The number of thiophene rings is 1. The lowest BCUT2D eigenvalue weighted by Crippen LogP contribution is -2.19. The first-order valence-electron chi connectivity index (χ1n) is 10.2. The first-order chi connectivity index (χ1) is 16.1. The van der Waals surface area contributed by atoms with Crippen LogP contribution in [0, 0.1) is 0 Å².